The molecule has 0 aromatic rings. The molecule has 0 spiro atoms. The van der Waals surface area contributed by atoms with E-state index in [9.17, 15) is 14.4 Å². The highest BCUT2D eigenvalue weighted by Gasteiger charge is 2.33. The Morgan fingerprint density at radius 2 is 2.11 bits per heavy atom. The van der Waals surface area contributed by atoms with Gasteiger partial charge in [0.05, 0.1) is 6.54 Å². The highest BCUT2D eigenvalue weighted by Crippen LogP contribution is 2.06. The van der Waals surface area contributed by atoms with Crippen LogP contribution in [0.4, 0.5) is 0 Å². The summed E-state index contributed by atoms with van der Waals surface area (Å²) in [4.78, 5) is 38.5. The number of carbonyl (C=O) groups excluding carboxylic acids is 3. The lowest BCUT2D eigenvalue weighted by Gasteiger charge is -2.33. The van der Waals surface area contributed by atoms with Crippen LogP contribution >= 0.6 is 0 Å². The van der Waals surface area contributed by atoms with Crippen molar-refractivity contribution in [3.05, 3.63) is 0 Å². The Hall–Kier alpha value is -1.47. The minimum atomic E-state index is -0.574. The summed E-state index contributed by atoms with van der Waals surface area (Å²) in [7, 11) is 0. The van der Waals surface area contributed by atoms with E-state index >= 15 is 0 Å². The van der Waals surface area contributed by atoms with E-state index in [0.29, 0.717) is 0 Å². The van der Waals surface area contributed by atoms with Crippen molar-refractivity contribution in [3.8, 4) is 0 Å². The molecule has 1 unspecified atom stereocenters. The van der Waals surface area contributed by atoms with Crippen LogP contribution in [0.1, 0.15) is 13.3 Å². The predicted octanol–water partition coefficient (Wildman–Crippen LogP) is -1.84. The third-order valence-corrected chi connectivity index (χ3v) is 3.54. The summed E-state index contributed by atoms with van der Waals surface area (Å²) in [5.41, 5.74) is 0. The molecule has 7 heteroatoms. The predicted molar refractivity (Wildman–Crippen MR) is 68.3 cm³/mol. The van der Waals surface area contributed by atoms with Crippen molar-refractivity contribution in [1.29, 1.82) is 0 Å². The number of amides is 3. The maximum absolute atomic E-state index is 12.2. The van der Waals surface area contributed by atoms with Gasteiger partial charge in [-0.25, -0.2) is 0 Å². The van der Waals surface area contributed by atoms with Gasteiger partial charge in [0.1, 0.15) is 12.6 Å². The first-order valence-electron chi connectivity index (χ1n) is 6.64. The topological polar surface area (TPSA) is 81.8 Å². The molecule has 2 N–H and O–H groups in total. The molecule has 0 bridgehead atoms. The van der Waals surface area contributed by atoms with Crippen LogP contribution in [0.15, 0.2) is 0 Å². The Morgan fingerprint density at radius 3 is 2.89 bits per heavy atom. The molecule has 7 nitrogen and oxygen atoms in total. The number of hydrogen-bond acceptors (Lipinski definition) is 5. The molecule has 1 atom stereocenters. The Bertz CT molecular complexity index is 377. The Labute approximate surface area is 112 Å². The van der Waals surface area contributed by atoms with Gasteiger partial charge < -0.3 is 10.2 Å². The summed E-state index contributed by atoms with van der Waals surface area (Å²) in [5, 5.41) is 5.50. The van der Waals surface area contributed by atoms with Gasteiger partial charge in [-0.05, 0) is 26.4 Å². The van der Waals surface area contributed by atoms with Crippen LogP contribution < -0.4 is 10.6 Å². The molecule has 2 aliphatic heterocycles. The minimum absolute atomic E-state index is 0.0299. The van der Waals surface area contributed by atoms with Gasteiger partial charge in [-0.2, -0.15) is 0 Å². The van der Waals surface area contributed by atoms with E-state index in [1.165, 1.54) is 4.90 Å². The first kappa shape index (κ1) is 14.0. The van der Waals surface area contributed by atoms with Crippen LogP contribution in [-0.2, 0) is 14.4 Å². The molecule has 2 heterocycles. The Morgan fingerprint density at radius 1 is 1.32 bits per heavy atom. The molecule has 19 heavy (non-hydrogen) atoms. The van der Waals surface area contributed by atoms with Crippen LogP contribution in [0.3, 0.4) is 0 Å². The summed E-state index contributed by atoms with van der Waals surface area (Å²) in [5.74, 6) is -0.964. The van der Waals surface area contributed by atoms with Gasteiger partial charge in [0, 0.05) is 13.1 Å². The summed E-state index contributed by atoms with van der Waals surface area (Å²) in [6, 6.07) is -0.574. The van der Waals surface area contributed by atoms with Crippen molar-refractivity contribution in [2.75, 3.05) is 39.3 Å². The largest absolute Gasteiger partial charge is 0.321 e. The molecule has 0 aliphatic carbocycles. The first-order valence-corrected chi connectivity index (χ1v) is 6.64. The average Bonchev–Trinajstić information content (AvgIpc) is 2.62. The number of piperazine rings is 1. The fourth-order valence-electron chi connectivity index (χ4n) is 2.36. The Balaban J connectivity index is 1.94. The van der Waals surface area contributed by atoms with Gasteiger partial charge in [-0.3, -0.25) is 24.6 Å². The third kappa shape index (κ3) is 3.51. The number of nitrogens with one attached hydrogen (secondary N) is 2. The highest BCUT2D eigenvalue weighted by atomic mass is 16.2. The highest BCUT2D eigenvalue weighted by molar-refractivity contribution is 6.04. The molecule has 0 saturated carbocycles. The lowest BCUT2D eigenvalue weighted by atomic mass is 10.2. The van der Waals surface area contributed by atoms with Crippen LogP contribution in [0.2, 0.25) is 0 Å². The van der Waals surface area contributed by atoms with Crippen LogP contribution in [0, 0.1) is 0 Å². The van der Waals surface area contributed by atoms with Gasteiger partial charge in [0.25, 0.3) is 0 Å². The van der Waals surface area contributed by atoms with E-state index in [1.807, 2.05) is 0 Å². The summed E-state index contributed by atoms with van der Waals surface area (Å²) in [6.07, 6.45) is 1.00. The van der Waals surface area contributed by atoms with Crippen LogP contribution in [-0.4, -0.2) is 72.8 Å². The molecule has 0 aromatic carbocycles. The van der Waals surface area contributed by atoms with Gasteiger partial charge in [-0.15, -0.1) is 0 Å². The maximum Gasteiger partial charge on any atom is 0.249 e. The quantitative estimate of drug-likeness (QED) is 0.575. The second-order valence-electron chi connectivity index (χ2n) is 4.99. The van der Waals surface area contributed by atoms with Crippen molar-refractivity contribution in [2.45, 2.75) is 19.4 Å². The van der Waals surface area contributed by atoms with Crippen molar-refractivity contribution in [2.24, 2.45) is 0 Å². The smallest absolute Gasteiger partial charge is 0.249 e. The SMILES string of the molecule is CC1C(=O)NC(=O)CN1C(=O)CN1CCCNCC1. The number of carbonyl (C=O) groups is 3. The standard InChI is InChI=1S/C12H20N4O3/c1-9-12(19)14-10(17)7-16(9)11(18)8-15-5-2-3-13-4-6-15/h9,13H,2-8H2,1H3,(H,14,17,19). The molecule has 2 aliphatic rings. The molecule has 2 saturated heterocycles. The van der Waals surface area contributed by atoms with Crippen LogP contribution in [0.25, 0.3) is 0 Å². The number of rotatable bonds is 2. The van der Waals surface area contributed by atoms with E-state index in [0.717, 1.165) is 32.6 Å². The van der Waals surface area contributed by atoms with Gasteiger partial charge >= 0.3 is 0 Å². The third-order valence-electron chi connectivity index (χ3n) is 3.54. The lowest BCUT2D eigenvalue weighted by Crippen LogP contribution is -2.60. The average molecular weight is 268 g/mol. The molecular weight excluding hydrogens is 248 g/mol. The zero-order valence-electron chi connectivity index (χ0n) is 11.1. The summed E-state index contributed by atoms with van der Waals surface area (Å²) in [6.45, 7) is 5.39. The molecule has 0 radical (unpaired) electrons. The minimum Gasteiger partial charge on any atom is -0.321 e. The fraction of sp³-hybridized carbons (Fsp3) is 0.750. The van der Waals surface area contributed by atoms with Crippen molar-refractivity contribution in [1.82, 2.24) is 20.4 Å². The van der Waals surface area contributed by atoms with E-state index in [1.54, 1.807) is 6.92 Å². The fourth-order valence-corrected chi connectivity index (χ4v) is 2.36. The molecular formula is C12H20N4O3. The normalized spacial score (nSPS) is 25.9. The summed E-state index contributed by atoms with van der Waals surface area (Å²) >= 11 is 0. The van der Waals surface area contributed by atoms with Crippen molar-refractivity contribution >= 4 is 17.7 Å². The molecule has 0 aromatic heterocycles. The first-order chi connectivity index (χ1) is 9.08. The van der Waals surface area contributed by atoms with Gasteiger partial charge in [0.15, 0.2) is 0 Å². The van der Waals surface area contributed by atoms with E-state index in [4.69, 9.17) is 0 Å². The van der Waals surface area contributed by atoms with Crippen molar-refractivity contribution in [3.63, 3.8) is 0 Å². The zero-order valence-corrected chi connectivity index (χ0v) is 11.1. The number of nitrogens with zero attached hydrogens (tertiary/aromatic N) is 2. The van der Waals surface area contributed by atoms with Gasteiger partial charge in [-0.1, -0.05) is 0 Å². The second kappa shape index (κ2) is 6.12. The van der Waals surface area contributed by atoms with Crippen LogP contribution in [0.5, 0.6) is 0 Å². The maximum atomic E-state index is 12.2. The monoisotopic (exact) mass is 268 g/mol. The van der Waals surface area contributed by atoms with E-state index < -0.39 is 17.9 Å². The molecule has 3 amide bonds. The van der Waals surface area contributed by atoms with Crippen molar-refractivity contribution < 1.29 is 14.4 Å². The summed E-state index contributed by atoms with van der Waals surface area (Å²) < 4.78 is 0. The Kier molecular flexibility index (Phi) is 4.49. The zero-order chi connectivity index (χ0) is 13.8. The van der Waals surface area contributed by atoms with Gasteiger partial charge in [0.2, 0.25) is 17.7 Å². The molecule has 2 fully saturated rings. The molecule has 106 valence electrons. The number of imide groups is 1. The molecule has 2 rings (SSSR count). The van der Waals surface area contributed by atoms with E-state index in [2.05, 4.69) is 15.5 Å². The van der Waals surface area contributed by atoms with E-state index in [-0.39, 0.29) is 19.0 Å². The lowest BCUT2D eigenvalue weighted by molar-refractivity contribution is -0.149. The second-order valence-corrected chi connectivity index (χ2v) is 4.99. The number of hydrogen-bond donors (Lipinski definition) is 2.